The molecule has 1 atom stereocenters. The fourth-order valence-corrected chi connectivity index (χ4v) is 1.08. The van der Waals surface area contributed by atoms with Crippen LogP contribution in [0.5, 0.6) is 0 Å². The van der Waals surface area contributed by atoms with Gasteiger partial charge in [-0.1, -0.05) is 19.0 Å². The number of aromatic amines is 1. The molecule has 0 fully saturated rings. The van der Waals surface area contributed by atoms with Crippen molar-refractivity contribution >= 4 is 5.95 Å². The van der Waals surface area contributed by atoms with Crippen molar-refractivity contribution in [1.29, 1.82) is 0 Å². The molecule has 0 amide bonds. The molecule has 0 bridgehead atoms. The fourth-order valence-electron chi connectivity index (χ4n) is 1.08. The van der Waals surface area contributed by atoms with Gasteiger partial charge in [0, 0.05) is 5.92 Å². The summed E-state index contributed by atoms with van der Waals surface area (Å²) in [7, 11) is 0. The number of nitrogens with two attached hydrogens (primary N) is 1. The average Bonchev–Trinajstić information content (AvgIpc) is 2.84. The first kappa shape index (κ1) is 9.63. The highest BCUT2D eigenvalue weighted by molar-refractivity contribution is 5.41. The lowest BCUT2D eigenvalue weighted by molar-refractivity contribution is 0.414. The number of aromatic nitrogens is 5. The summed E-state index contributed by atoms with van der Waals surface area (Å²) in [5.74, 6) is 1.81. The van der Waals surface area contributed by atoms with Crippen molar-refractivity contribution in [3.8, 4) is 11.7 Å². The zero-order valence-corrected chi connectivity index (χ0v) is 8.56. The van der Waals surface area contributed by atoms with Crippen LogP contribution < -0.4 is 5.73 Å². The highest BCUT2D eigenvalue weighted by Gasteiger charge is 2.15. The highest BCUT2D eigenvalue weighted by Crippen LogP contribution is 2.18. The third-order valence-corrected chi connectivity index (χ3v) is 2.20. The summed E-state index contributed by atoms with van der Waals surface area (Å²) < 4.78 is 5.04. The Morgan fingerprint density at radius 2 is 2.27 bits per heavy atom. The molecule has 1 unspecified atom stereocenters. The number of rotatable bonds is 3. The smallest absolute Gasteiger partial charge is 0.295 e. The van der Waals surface area contributed by atoms with Crippen LogP contribution in [0.15, 0.2) is 4.52 Å². The third-order valence-electron chi connectivity index (χ3n) is 2.20. The van der Waals surface area contributed by atoms with E-state index in [2.05, 4.69) is 32.2 Å². The van der Waals surface area contributed by atoms with Gasteiger partial charge in [-0.15, -0.1) is 5.10 Å². The first-order valence-corrected chi connectivity index (χ1v) is 4.72. The van der Waals surface area contributed by atoms with Crippen molar-refractivity contribution in [2.24, 2.45) is 0 Å². The van der Waals surface area contributed by atoms with E-state index in [1.54, 1.807) is 0 Å². The first-order valence-electron chi connectivity index (χ1n) is 4.72. The largest absolute Gasteiger partial charge is 0.366 e. The molecule has 0 spiro atoms. The second-order valence-corrected chi connectivity index (χ2v) is 3.31. The van der Waals surface area contributed by atoms with Crippen LogP contribution >= 0.6 is 0 Å². The number of hydrogen-bond donors (Lipinski definition) is 2. The van der Waals surface area contributed by atoms with Gasteiger partial charge in [-0.2, -0.15) is 9.97 Å². The van der Waals surface area contributed by atoms with E-state index in [4.69, 9.17) is 10.3 Å². The quantitative estimate of drug-likeness (QED) is 0.777. The second-order valence-electron chi connectivity index (χ2n) is 3.31. The zero-order valence-electron chi connectivity index (χ0n) is 8.56. The van der Waals surface area contributed by atoms with Crippen LogP contribution in [0.3, 0.4) is 0 Å². The normalized spacial score (nSPS) is 12.9. The van der Waals surface area contributed by atoms with Crippen LogP contribution in [-0.4, -0.2) is 25.3 Å². The van der Waals surface area contributed by atoms with Gasteiger partial charge in [0.15, 0.2) is 5.82 Å². The van der Waals surface area contributed by atoms with Gasteiger partial charge in [0.1, 0.15) is 0 Å². The molecule has 15 heavy (non-hydrogen) atoms. The summed E-state index contributed by atoms with van der Waals surface area (Å²) in [5, 5.41) is 10.1. The Bertz CT molecular complexity index is 447. The highest BCUT2D eigenvalue weighted by atomic mass is 16.5. The number of nitrogen functional groups attached to an aromatic ring is 1. The van der Waals surface area contributed by atoms with E-state index < -0.39 is 0 Å². The number of nitrogens with zero attached hydrogens (tertiary/aromatic N) is 4. The second kappa shape index (κ2) is 3.68. The summed E-state index contributed by atoms with van der Waals surface area (Å²) in [6.45, 7) is 4.09. The molecule has 80 valence electrons. The molecule has 2 aromatic rings. The molecule has 0 aliphatic rings. The summed E-state index contributed by atoms with van der Waals surface area (Å²) in [4.78, 5) is 8.09. The molecule has 7 heteroatoms. The molecule has 0 aliphatic carbocycles. The Morgan fingerprint density at radius 1 is 1.47 bits per heavy atom. The number of hydrogen-bond acceptors (Lipinski definition) is 6. The predicted molar refractivity (Wildman–Crippen MR) is 52.8 cm³/mol. The molecule has 3 N–H and O–H groups in total. The summed E-state index contributed by atoms with van der Waals surface area (Å²) >= 11 is 0. The van der Waals surface area contributed by atoms with Crippen molar-refractivity contribution in [2.75, 3.05) is 5.73 Å². The molecular weight excluding hydrogens is 196 g/mol. The van der Waals surface area contributed by atoms with Gasteiger partial charge in [-0.3, -0.25) is 5.10 Å². The monoisotopic (exact) mass is 208 g/mol. The van der Waals surface area contributed by atoms with Crippen molar-refractivity contribution < 1.29 is 4.52 Å². The topological polar surface area (TPSA) is 107 Å². The standard InChI is InChI=1S/C8H12N6O/c1-3-4(2)5-10-7(15-14-5)6-11-8(9)13-12-6/h4H,3H2,1-2H3,(H3,9,11,12,13). The van der Waals surface area contributed by atoms with Gasteiger partial charge in [0.2, 0.25) is 11.8 Å². The minimum absolute atomic E-state index is 0.160. The SMILES string of the molecule is CCC(C)c1noc(-c2nc(N)n[nH]2)n1. The van der Waals surface area contributed by atoms with E-state index in [-0.39, 0.29) is 11.9 Å². The molecule has 0 saturated heterocycles. The van der Waals surface area contributed by atoms with Crippen LogP contribution in [0.1, 0.15) is 32.0 Å². The lowest BCUT2D eigenvalue weighted by Crippen LogP contribution is -1.93. The maximum absolute atomic E-state index is 5.37. The van der Waals surface area contributed by atoms with Crippen LogP contribution in [0.4, 0.5) is 5.95 Å². The minimum atomic E-state index is 0.160. The average molecular weight is 208 g/mol. The van der Waals surface area contributed by atoms with Gasteiger partial charge >= 0.3 is 0 Å². The van der Waals surface area contributed by atoms with E-state index in [1.165, 1.54) is 0 Å². The Morgan fingerprint density at radius 3 is 2.87 bits per heavy atom. The predicted octanol–water partition coefficient (Wildman–Crippen LogP) is 0.950. The Hall–Kier alpha value is -1.92. The maximum atomic E-state index is 5.37. The molecule has 7 nitrogen and oxygen atoms in total. The van der Waals surface area contributed by atoms with Gasteiger partial charge < -0.3 is 10.3 Å². The van der Waals surface area contributed by atoms with Crippen LogP contribution in [0.25, 0.3) is 11.7 Å². The summed E-state index contributed by atoms with van der Waals surface area (Å²) in [6, 6.07) is 0. The minimum Gasteiger partial charge on any atom is -0.366 e. The van der Waals surface area contributed by atoms with Crippen molar-refractivity contribution in [3.63, 3.8) is 0 Å². The van der Waals surface area contributed by atoms with Gasteiger partial charge in [0.25, 0.3) is 5.89 Å². The maximum Gasteiger partial charge on any atom is 0.295 e. The van der Waals surface area contributed by atoms with Crippen molar-refractivity contribution in [2.45, 2.75) is 26.2 Å². The van der Waals surface area contributed by atoms with E-state index >= 15 is 0 Å². The molecule has 0 aliphatic heterocycles. The molecular formula is C8H12N6O. The molecule has 0 aromatic carbocycles. The van der Waals surface area contributed by atoms with Crippen molar-refractivity contribution in [3.05, 3.63) is 5.82 Å². The molecule has 2 rings (SSSR count). The fraction of sp³-hybridized carbons (Fsp3) is 0.500. The van der Waals surface area contributed by atoms with E-state index in [0.717, 1.165) is 6.42 Å². The molecule has 0 saturated carbocycles. The van der Waals surface area contributed by atoms with Crippen molar-refractivity contribution in [1.82, 2.24) is 25.3 Å². The molecule has 2 aromatic heterocycles. The first-order chi connectivity index (χ1) is 7.20. The van der Waals surface area contributed by atoms with Crippen LogP contribution in [-0.2, 0) is 0 Å². The van der Waals surface area contributed by atoms with E-state index in [0.29, 0.717) is 17.5 Å². The summed E-state index contributed by atoms with van der Waals surface area (Å²) in [5.41, 5.74) is 5.37. The van der Waals surface area contributed by atoms with Crippen LogP contribution in [0.2, 0.25) is 0 Å². The lowest BCUT2D eigenvalue weighted by Gasteiger charge is -1.98. The van der Waals surface area contributed by atoms with Crippen LogP contribution in [0, 0.1) is 0 Å². The van der Waals surface area contributed by atoms with Gasteiger partial charge in [-0.25, -0.2) is 0 Å². The Labute approximate surface area is 86.1 Å². The lowest BCUT2D eigenvalue weighted by atomic mass is 10.1. The van der Waals surface area contributed by atoms with E-state index in [1.807, 2.05) is 6.92 Å². The van der Waals surface area contributed by atoms with E-state index in [9.17, 15) is 0 Å². The summed E-state index contributed by atoms with van der Waals surface area (Å²) in [6.07, 6.45) is 0.956. The third kappa shape index (κ3) is 1.80. The van der Waals surface area contributed by atoms with Gasteiger partial charge in [0.05, 0.1) is 0 Å². The molecule has 0 radical (unpaired) electrons. The Kier molecular flexibility index (Phi) is 2.36. The zero-order chi connectivity index (χ0) is 10.8. The number of nitrogens with one attached hydrogen (secondary N) is 1. The number of anilines is 1. The Balaban J connectivity index is 2.27. The van der Waals surface area contributed by atoms with Gasteiger partial charge in [-0.05, 0) is 6.42 Å². The molecule has 2 heterocycles. The number of H-pyrrole nitrogens is 1.